The van der Waals surface area contributed by atoms with Crippen LogP contribution in [0.2, 0.25) is 5.02 Å². The minimum atomic E-state index is -0.311. The maximum absolute atomic E-state index is 2.29. The second kappa shape index (κ2) is 3.88. The molecular formula is C9H12Zn. The zero-order valence-corrected chi connectivity index (χ0v) is 9.69. The monoisotopic (exact) mass is 184 g/mol. The Morgan fingerprint density at radius 3 is 2.30 bits per heavy atom. The van der Waals surface area contributed by atoms with Gasteiger partial charge in [-0.2, -0.15) is 0 Å². The molecule has 0 unspecified atom stereocenters. The van der Waals surface area contributed by atoms with Gasteiger partial charge in [0.2, 0.25) is 0 Å². The third kappa shape index (κ3) is 2.23. The van der Waals surface area contributed by atoms with Crippen molar-refractivity contribution in [2.45, 2.75) is 18.9 Å². The van der Waals surface area contributed by atoms with Crippen LogP contribution >= 0.6 is 0 Å². The van der Waals surface area contributed by atoms with Crippen molar-refractivity contribution in [2.75, 3.05) is 0 Å². The predicted molar refractivity (Wildman–Crippen MR) is 41.3 cm³/mol. The molecule has 0 saturated heterocycles. The molecule has 1 aromatic rings. The summed E-state index contributed by atoms with van der Waals surface area (Å²) >= 11 is -0.311. The molecule has 0 N–H and O–H groups in total. The number of hydrogen-bond donors (Lipinski definition) is 0. The zero-order valence-electron chi connectivity index (χ0n) is 6.72. The summed E-state index contributed by atoms with van der Waals surface area (Å²) in [5, 5.41) is 1.43. The molecule has 0 aliphatic carbocycles. The molecule has 0 aliphatic heterocycles. The van der Waals surface area contributed by atoms with Crippen molar-refractivity contribution in [1.82, 2.24) is 0 Å². The van der Waals surface area contributed by atoms with Crippen LogP contribution in [0.4, 0.5) is 0 Å². The van der Waals surface area contributed by atoms with E-state index in [9.17, 15) is 0 Å². The van der Waals surface area contributed by atoms with Gasteiger partial charge in [-0.25, -0.2) is 0 Å². The van der Waals surface area contributed by atoms with E-state index in [1.165, 1.54) is 10.6 Å². The Bertz CT molecular complexity index is 188. The predicted octanol–water partition coefficient (Wildman–Crippen LogP) is 2.14. The van der Waals surface area contributed by atoms with Crippen LogP contribution in [0.5, 0.6) is 0 Å². The summed E-state index contributed by atoms with van der Waals surface area (Å²) in [6.07, 6.45) is 0. The van der Waals surface area contributed by atoms with Crippen LogP contribution < -0.4 is 4.16 Å². The van der Waals surface area contributed by atoms with Crippen molar-refractivity contribution in [3.8, 4) is 0 Å². The molecule has 1 rings (SSSR count). The Kier molecular flexibility index (Phi) is 3.08. The average Bonchev–Trinajstić information content (AvgIpc) is 1.95. The van der Waals surface area contributed by atoms with E-state index in [0.29, 0.717) is 0 Å². The van der Waals surface area contributed by atoms with Gasteiger partial charge in [0.25, 0.3) is 0 Å². The Labute approximate surface area is 70.2 Å². The van der Waals surface area contributed by atoms with E-state index in [2.05, 4.69) is 38.1 Å². The fourth-order valence-corrected chi connectivity index (χ4v) is 3.45. The molecule has 0 fully saturated rings. The standard InChI is InChI=1S/C7H7.C2H5.Zn/c1-7-5-3-2-4-6-7;1-2;/h3-6H,1H3;1H2,2H3;. The molecule has 0 radical (unpaired) electrons. The van der Waals surface area contributed by atoms with Gasteiger partial charge in [0, 0.05) is 0 Å². The van der Waals surface area contributed by atoms with Crippen molar-refractivity contribution >= 4 is 4.16 Å². The molecule has 1 heteroatoms. The van der Waals surface area contributed by atoms with Crippen LogP contribution in [-0.2, 0) is 17.1 Å². The van der Waals surface area contributed by atoms with Gasteiger partial charge >= 0.3 is 70.0 Å². The Morgan fingerprint density at radius 1 is 1.20 bits per heavy atom. The second-order valence-corrected chi connectivity index (χ2v) is 7.60. The van der Waals surface area contributed by atoms with E-state index in [1.807, 2.05) is 0 Å². The van der Waals surface area contributed by atoms with Crippen molar-refractivity contribution in [3.05, 3.63) is 29.8 Å². The van der Waals surface area contributed by atoms with E-state index in [0.717, 1.165) is 0 Å². The molecule has 0 heterocycles. The van der Waals surface area contributed by atoms with E-state index >= 15 is 0 Å². The van der Waals surface area contributed by atoms with Gasteiger partial charge in [-0.05, 0) is 0 Å². The molecule has 10 heavy (non-hydrogen) atoms. The fourth-order valence-electron chi connectivity index (χ4n) is 1.04. The van der Waals surface area contributed by atoms with Gasteiger partial charge in [-0.15, -0.1) is 0 Å². The number of aryl methyl sites for hydroxylation is 1. The number of rotatable bonds is 2. The summed E-state index contributed by atoms with van der Waals surface area (Å²) in [6.45, 7) is 4.43. The van der Waals surface area contributed by atoms with Crippen LogP contribution in [0, 0.1) is 6.92 Å². The summed E-state index contributed by atoms with van der Waals surface area (Å²) in [6, 6.07) is 9.02. The van der Waals surface area contributed by atoms with Crippen LogP contribution in [-0.4, -0.2) is 0 Å². The molecule has 0 spiro atoms. The van der Waals surface area contributed by atoms with E-state index in [-0.39, 0.29) is 17.1 Å². The van der Waals surface area contributed by atoms with Gasteiger partial charge < -0.3 is 0 Å². The third-order valence-electron chi connectivity index (χ3n) is 1.66. The molecule has 50 valence electrons. The van der Waals surface area contributed by atoms with Gasteiger partial charge in [0.15, 0.2) is 0 Å². The van der Waals surface area contributed by atoms with Crippen molar-refractivity contribution < 1.29 is 17.1 Å². The van der Waals surface area contributed by atoms with Gasteiger partial charge in [-0.1, -0.05) is 0 Å². The molecule has 0 nitrogen and oxygen atoms in total. The third-order valence-corrected chi connectivity index (χ3v) is 4.91. The quantitative estimate of drug-likeness (QED) is 0.620. The van der Waals surface area contributed by atoms with Gasteiger partial charge in [-0.3, -0.25) is 0 Å². The molecule has 0 aromatic heterocycles. The summed E-state index contributed by atoms with van der Waals surface area (Å²) in [7, 11) is 0. The Balaban J connectivity index is 2.69. The molecule has 0 aliphatic rings. The topological polar surface area (TPSA) is 0 Å². The molecule has 0 atom stereocenters. The molecule has 0 saturated carbocycles. The Hall–Kier alpha value is -0.157. The number of hydrogen-bond acceptors (Lipinski definition) is 0. The zero-order chi connectivity index (χ0) is 7.40. The van der Waals surface area contributed by atoms with Crippen LogP contribution in [0.3, 0.4) is 0 Å². The molecule has 0 amide bonds. The van der Waals surface area contributed by atoms with E-state index in [1.54, 1.807) is 4.16 Å². The summed E-state index contributed by atoms with van der Waals surface area (Å²) in [4.78, 5) is 0. The van der Waals surface area contributed by atoms with Gasteiger partial charge in [0.1, 0.15) is 0 Å². The summed E-state index contributed by atoms with van der Waals surface area (Å²) < 4.78 is 1.64. The first kappa shape index (κ1) is 7.94. The summed E-state index contributed by atoms with van der Waals surface area (Å²) in [5.41, 5.74) is 1.38. The van der Waals surface area contributed by atoms with E-state index in [4.69, 9.17) is 0 Å². The van der Waals surface area contributed by atoms with E-state index < -0.39 is 0 Å². The van der Waals surface area contributed by atoms with Crippen molar-refractivity contribution in [3.63, 3.8) is 0 Å². The van der Waals surface area contributed by atoms with Crippen LogP contribution in [0.25, 0.3) is 0 Å². The Morgan fingerprint density at radius 2 is 1.80 bits per heavy atom. The first-order chi connectivity index (χ1) is 4.83. The summed E-state index contributed by atoms with van der Waals surface area (Å²) in [5.74, 6) is 0. The maximum atomic E-state index is 2.29. The first-order valence-electron chi connectivity index (χ1n) is 3.88. The normalized spacial score (nSPS) is 9.00. The first-order valence-corrected chi connectivity index (χ1v) is 7.46. The molecular weight excluding hydrogens is 173 g/mol. The molecule has 1 aromatic carbocycles. The second-order valence-electron chi connectivity index (χ2n) is 2.74. The van der Waals surface area contributed by atoms with Crippen LogP contribution in [0.1, 0.15) is 12.5 Å². The SMILES string of the molecule is C[CH2][Zn][c]1ccc(C)cc1. The fraction of sp³-hybridized carbons (Fsp3) is 0.333. The van der Waals surface area contributed by atoms with Crippen LogP contribution in [0.15, 0.2) is 24.3 Å². The molecule has 0 bridgehead atoms. The average molecular weight is 186 g/mol. The minimum absolute atomic E-state index is 0.311. The van der Waals surface area contributed by atoms with Gasteiger partial charge in [0.05, 0.1) is 0 Å². The number of benzene rings is 1. The van der Waals surface area contributed by atoms with Crippen molar-refractivity contribution in [2.24, 2.45) is 0 Å². The van der Waals surface area contributed by atoms with Crippen molar-refractivity contribution in [1.29, 1.82) is 0 Å².